The highest BCUT2D eigenvalue weighted by atomic mass is 16.1. The Morgan fingerprint density at radius 2 is 1.92 bits per heavy atom. The summed E-state index contributed by atoms with van der Waals surface area (Å²) in [6.45, 7) is 0. The van der Waals surface area contributed by atoms with Gasteiger partial charge >= 0.3 is 0 Å². The van der Waals surface area contributed by atoms with E-state index in [9.17, 15) is 4.79 Å². The molecular formula is C20H21N3O. The van der Waals surface area contributed by atoms with E-state index in [1.54, 1.807) is 0 Å². The summed E-state index contributed by atoms with van der Waals surface area (Å²) >= 11 is 0. The van der Waals surface area contributed by atoms with Crippen molar-refractivity contribution < 1.29 is 4.79 Å². The number of amides is 1. The van der Waals surface area contributed by atoms with E-state index in [4.69, 9.17) is 0 Å². The molecule has 4 heteroatoms. The van der Waals surface area contributed by atoms with Gasteiger partial charge in [-0.2, -0.15) is 0 Å². The largest absolute Gasteiger partial charge is 0.325 e. The van der Waals surface area contributed by atoms with Gasteiger partial charge in [-0.3, -0.25) is 4.79 Å². The molecule has 0 atom stereocenters. The average Bonchev–Trinajstić information content (AvgIpc) is 3.24. The predicted molar refractivity (Wildman–Crippen MR) is 95.8 cm³/mol. The molecule has 0 aliphatic heterocycles. The van der Waals surface area contributed by atoms with Crippen molar-refractivity contribution in [2.45, 2.75) is 32.1 Å². The molecule has 1 saturated carbocycles. The summed E-state index contributed by atoms with van der Waals surface area (Å²) in [5.41, 5.74) is 3.57. The van der Waals surface area contributed by atoms with Gasteiger partial charge in [-0.15, -0.1) is 0 Å². The predicted octanol–water partition coefficient (Wildman–Crippen LogP) is 4.52. The number of rotatable bonds is 4. The number of pyridine rings is 1. The van der Waals surface area contributed by atoms with Crippen LogP contribution in [-0.4, -0.2) is 15.3 Å². The monoisotopic (exact) mass is 319 g/mol. The number of fused-ring (bicyclic) bond motifs is 1. The fraction of sp³-hybridized carbons (Fsp3) is 0.300. The molecule has 2 heterocycles. The zero-order valence-corrected chi connectivity index (χ0v) is 13.6. The Balaban J connectivity index is 1.59. The third-order valence-corrected chi connectivity index (χ3v) is 4.79. The smallest absolute Gasteiger partial charge is 0.224 e. The van der Waals surface area contributed by atoms with Gasteiger partial charge in [0.1, 0.15) is 5.65 Å². The summed E-state index contributed by atoms with van der Waals surface area (Å²) in [4.78, 5) is 17.1. The zero-order valence-electron chi connectivity index (χ0n) is 13.6. The standard InChI is InChI=1S/C20H21N3O/c24-20(13-15-7-1-2-8-15)22-17-10-4-3-9-16(17)18-14-23-12-6-5-11-19(23)21-18/h3-6,9-12,14-15H,1-2,7-8,13H2,(H,22,24). The normalized spacial score (nSPS) is 15.0. The van der Waals surface area contributed by atoms with Crippen LogP contribution in [0.25, 0.3) is 16.9 Å². The van der Waals surface area contributed by atoms with E-state index in [2.05, 4.69) is 10.3 Å². The summed E-state index contributed by atoms with van der Waals surface area (Å²) < 4.78 is 1.99. The van der Waals surface area contributed by atoms with Crippen LogP contribution in [-0.2, 0) is 4.79 Å². The minimum Gasteiger partial charge on any atom is -0.325 e. The fourth-order valence-corrected chi connectivity index (χ4v) is 3.56. The maximum absolute atomic E-state index is 12.4. The first-order valence-electron chi connectivity index (χ1n) is 8.62. The van der Waals surface area contributed by atoms with E-state index in [-0.39, 0.29) is 5.91 Å². The quantitative estimate of drug-likeness (QED) is 0.768. The number of nitrogens with zero attached hydrogens (tertiary/aromatic N) is 2. The highest BCUT2D eigenvalue weighted by molar-refractivity contribution is 5.95. The minimum atomic E-state index is 0.109. The van der Waals surface area contributed by atoms with Gasteiger partial charge in [0.05, 0.1) is 11.4 Å². The van der Waals surface area contributed by atoms with Crippen molar-refractivity contribution in [3.63, 3.8) is 0 Å². The molecule has 1 fully saturated rings. The van der Waals surface area contributed by atoms with Crippen LogP contribution in [0.3, 0.4) is 0 Å². The number of aromatic nitrogens is 2. The Hall–Kier alpha value is -2.62. The Bertz CT molecular complexity index is 829. The van der Waals surface area contributed by atoms with Crippen LogP contribution < -0.4 is 5.32 Å². The van der Waals surface area contributed by atoms with E-state index in [1.165, 1.54) is 25.7 Å². The summed E-state index contributed by atoms with van der Waals surface area (Å²) in [6, 6.07) is 13.8. The summed E-state index contributed by atoms with van der Waals surface area (Å²) in [6.07, 6.45) is 9.48. The summed E-state index contributed by atoms with van der Waals surface area (Å²) in [5.74, 6) is 0.658. The number of carbonyl (C=O) groups is 1. The number of benzene rings is 1. The third-order valence-electron chi connectivity index (χ3n) is 4.79. The van der Waals surface area contributed by atoms with Gasteiger partial charge in [0.15, 0.2) is 0 Å². The van der Waals surface area contributed by atoms with Gasteiger partial charge in [0.2, 0.25) is 5.91 Å². The number of carbonyl (C=O) groups excluding carboxylic acids is 1. The maximum atomic E-state index is 12.4. The van der Waals surface area contributed by atoms with Crippen LogP contribution >= 0.6 is 0 Å². The zero-order chi connectivity index (χ0) is 16.4. The first kappa shape index (κ1) is 14.9. The second-order valence-corrected chi connectivity index (χ2v) is 6.54. The number of hydrogen-bond acceptors (Lipinski definition) is 2. The van der Waals surface area contributed by atoms with Crippen LogP contribution in [0.4, 0.5) is 5.69 Å². The van der Waals surface area contributed by atoms with Crippen LogP contribution in [0.2, 0.25) is 0 Å². The molecule has 0 spiro atoms. The summed E-state index contributed by atoms with van der Waals surface area (Å²) in [7, 11) is 0. The Morgan fingerprint density at radius 1 is 1.12 bits per heavy atom. The number of imidazole rings is 1. The number of hydrogen-bond donors (Lipinski definition) is 1. The van der Waals surface area contributed by atoms with Gasteiger partial charge in [-0.25, -0.2) is 4.98 Å². The lowest BCUT2D eigenvalue weighted by Crippen LogP contribution is -2.15. The lowest BCUT2D eigenvalue weighted by Gasteiger charge is -2.12. The second-order valence-electron chi connectivity index (χ2n) is 6.54. The first-order valence-corrected chi connectivity index (χ1v) is 8.62. The Labute approximate surface area is 141 Å². The van der Waals surface area contributed by atoms with Crippen molar-refractivity contribution in [1.29, 1.82) is 0 Å². The van der Waals surface area contributed by atoms with E-state index >= 15 is 0 Å². The van der Waals surface area contributed by atoms with Crippen molar-refractivity contribution in [3.05, 3.63) is 54.9 Å². The molecule has 1 N–H and O–H groups in total. The molecule has 1 aliphatic carbocycles. The van der Waals surface area contributed by atoms with E-state index < -0.39 is 0 Å². The van der Waals surface area contributed by atoms with Crippen LogP contribution in [0.5, 0.6) is 0 Å². The molecule has 1 amide bonds. The highest BCUT2D eigenvalue weighted by Crippen LogP contribution is 2.30. The Kier molecular flexibility index (Phi) is 4.03. The molecule has 0 saturated heterocycles. The van der Waals surface area contributed by atoms with Gasteiger partial charge in [0.25, 0.3) is 0 Å². The molecular weight excluding hydrogens is 298 g/mol. The number of anilines is 1. The van der Waals surface area contributed by atoms with Gasteiger partial charge < -0.3 is 9.72 Å². The molecule has 0 bridgehead atoms. The topological polar surface area (TPSA) is 46.4 Å². The SMILES string of the molecule is O=C(CC1CCCC1)Nc1ccccc1-c1cn2ccccc2n1. The van der Waals surface area contributed by atoms with Crippen molar-refractivity contribution in [1.82, 2.24) is 9.38 Å². The lowest BCUT2D eigenvalue weighted by atomic mass is 10.0. The number of para-hydroxylation sites is 1. The molecule has 2 aromatic heterocycles. The number of nitrogens with one attached hydrogen (secondary N) is 1. The fourth-order valence-electron chi connectivity index (χ4n) is 3.56. The van der Waals surface area contributed by atoms with Gasteiger partial charge in [0, 0.05) is 24.4 Å². The first-order chi connectivity index (χ1) is 11.8. The third kappa shape index (κ3) is 3.04. The molecule has 3 aromatic rings. The second kappa shape index (κ2) is 6.48. The molecule has 0 unspecified atom stereocenters. The van der Waals surface area contributed by atoms with Crippen LogP contribution in [0.1, 0.15) is 32.1 Å². The van der Waals surface area contributed by atoms with Crippen molar-refractivity contribution in [3.8, 4) is 11.3 Å². The van der Waals surface area contributed by atoms with E-state index in [0.29, 0.717) is 12.3 Å². The van der Waals surface area contributed by atoms with E-state index in [1.807, 2.05) is 59.3 Å². The van der Waals surface area contributed by atoms with Gasteiger partial charge in [-0.05, 0) is 37.0 Å². The van der Waals surface area contributed by atoms with Crippen molar-refractivity contribution in [2.75, 3.05) is 5.32 Å². The highest BCUT2D eigenvalue weighted by Gasteiger charge is 2.19. The van der Waals surface area contributed by atoms with Crippen molar-refractivity contribution >= 4 is 17.2 Å². The van der Waals surface area contributed by atoms with Crippen LogP contribution in [0, 0.1) is 5.92 Å². The van der Waals surface area contributed by atoms with Crippen LogP contribution in [0.15, 0.2) is 54.9 Å². The van der Waals surface area contributed by atoms with Crippen molar-refractivity contribution in [2.24, 2.45) is 5.92 Å². The molecule has 1 aromatic carbocycles. The average molecular weight is 319 g/mol. The molecule has 0 radical (unpaired) electrons. The molecule has 122 valence electrons. The Morgan fingerprint density at radius 3 is 2.75 bits per heavy atom. The molecule has 4 nitrogen and oxygen atoms in total. The molecule has 1 aliphatic rings. The van der Waals surface area contributed by atoms with E-state index in [0.717, 1.165) is 22.6 Å². The molecule has 4 rings (SSSR count). The summed E-state index contributed by atoms with van der Waals surface area (Å²) in [5, 5.41) is 3.09. The minimum absolute atomic E-state index is 0.109. The maximum Gasteiger partial charge on any atom is 0.224 e. The molecule has 24 heavy (non-hydrogen) atoms. The lowest BCUT2D eigenvalue weighted by molar-refractivity contribution is -0.117. The van der Waals surface area contributed by atoms with Gasteiger partial charge in [-0.1, -0.05) is 37.1 Å².